The molecule has 0 radical (unpaired) electrons. The van der Waals surface area contributed by atoms with E-state index in [4.69, 9.17) is 0 Å². The van der Waals surface area contributed by atoms with Gasteiger partial charge in [0.05, 0.1) is 4.88 Å². The molecule has 0 amide bonds. The van der Waals surface area contributed by atoms with Crippen molar-refractivity contribution in [3.05, 3.63) is 34.7 Å². The molecule has 0 saturated carbocycles. The predicted octanol–water partition coefficient (Wildman–Crippen LogP) is 2.44. The van der Waals surface area contributed by atoms with Crippen molar-refractivity contribution in [2.24, 2.45) is 0 Å². The molecule has 1 N–H and O–H groups in total. The number of allylic oxidation sites excluding steroid dienone is 1. The zero-order valence-corrected chi connectivity index (χ0v) is 8.43. The number of carbonyl (C=O) groups is 1. The summed E-state index contributed by atoms with van der Waals surface area (Å²) in [6, 6.07) is 3.71. The van der Waals surface area contributed by atoms with Gasteiger partial charge in [0.2, 0.25) is 0 Å². The van der Waals surface area contributed by atoms with Gasteiger partial charge in [-0.2, -0.15) is 0 Å². The predicted molar refractivity (Wildman–Crippen MR) is 56.1 cm³/mol. The van der Waals surface area contributed by atoms with E-state index in [9.17, 15) is 4.79 Å². The fourth-order valence-corrected chi connectivity index (χ4v) is 1.51. The van der Waals surface area contributed by atoms with Crippen molar-refractivity contribution in [2.45, 2.75) is 13.3 Å². The maximum atomic E-state index is 11.4. The van der Waals surface area contributed by atoms with Crippen LogP contribution in [-0.2, 0) is 0 Å². The van der Waals surface area contributed by atoms with Gasteiger partial charge in [0, 0.05) is 18.8 Å². The lowest BCUT2D eigenvalue weighted by Gasteiger charge is -1.93. The Kier molecular flexibility index (Phi) is 4.26. The lowest BCUT2D eigenvalue weighted by atomic mass is 10.3. The van der Waals surface area contributed by atoms with E-state index in [1.54, 1.807) is 12.3 Å². The van der Waals surface area contributed by atoms with Crippen molar-refractivity contribution in [1.29, 1.82) is 0 Å². The summed E-state index contributed by atoms with van der Waals surface area (Å²) in [6.45, 7) is 3.00. The van der Waals surface area contributed by atoms with Gasteiger partial charge in [-0.15, -0.1) is 11.3 Å². The summed E-state index contributed by atoms with van der Waals surface area (Å²) in [4.78, 5) is 12.1. The van der Waals surface area contributed by atoms with Gasteiger partial charge in [-0.25, -0.2) is 0 Å². The lowest BCUT2D eigenvalue weighted by molar-refractivity contribution is 0.105. The van der Waals surface area contributed by atoms with Crippen LogP contribution in [0.1, 0.15) is 23.0 Å². The van der Waals surface area contributed by atoms with Gasteiger partial charge >= 0.3 is 0 Å². The van der Waals surface area contributed by atoms with Crippen LogP contribution in [0.2, 0.25) is 0 Å². The lowest BCUT2D eigenvalue weighted by Crippen LogP contribution is -2.06. The van der Waals surface area contributed by atoms with Crippen molar-refractivity contribution >= 4 is 17.1 Å². The van der Waals surface area contributed by atoms with Crippen molar-refractivity contribution in [1.82, 2.24) is 5.32 Å². The quantitative estimate of drug-likeness (QED) is 0.444. The Bertz CT molecular complexity index is 277. The number of hydrogen-bond acceptors (Lipinski definition) is 3. The average molecular weight is 195 g/mol. The monoisotopic (exact) mass is 195 g/mol. The van der Waals surface area contributed by atoms with Gasteiger partial charge in [-0.1, -0.05) is 13.0 Å². The molecule has 13 heavy (non-hydrogen) atoms. The van der Waals surface area contributed by atoms with Crippen LogP contribution in [-0.4, -0.2) is 12.3 Å². The highest BCUT2D eigenvalue weighted by atomic mass is 32.1. The molecule has 0 atom stereocenters. The minimum atomic E-state index is 0.0682. The second kappa shape index (κ2) is 5.54. The highest BCUT2D eigenvalue weighted by Gasteiger charge is 2.00. The van der Waals surface area contributed by atoms with Crippen LogP contribution in [0.15, 0.2) is 29.8 Å². The first kappa shape index (κ1) is 9.99. The van der Waals surface area contributed by atoms with Gasteiger partial charge in [-0.3, -0.25) is 4.79 Å². The Morgan fingerprint density at radius 2 is 2.54 bits per heavy atom. The van der Waals surface area contributed by atoms with Crippen LogP contribution in [0.25, 0.3) is 0 Å². The molecule has 0 bridgehead atoms. The van der Waals surface area contributed by atoms with Crippen LogP contribution in [0.4, 0.5) is 0 Å². The van der Waals surface area contributed by atoms with Gasteiger partial charge in [-0.05, 0) is 17.9 Å². The summed E-state index contributed by atoms with van der Waals surface area (Å²) in [6.07, 6.45) is 4.35. The molecule has 1 aromatic rings. The second-order valence-corrected chi connectivity index (χ2v) is 3.58. The van der Waals surface area contributed by atoms with Gasteiger partial charge in [0.25, 0.3) is 0 Å². The molecule has 1 rings (SSSR count). The van der Waals surface area contributed by atoms with Gasteiger partial charge in [0.15, 0.2) is 5.78 Å². The molecule has 70 valence electrons. The Labute approximate surface area is 82.3 Å². The van der Waals surface area contributed by atoms with Crippen molar-refractivity contribution in [2.75, 3.05) is 6.54 Å². The van der Waals surface area contributed by atoms with Crippen LogP contribution >= 0.6 is 11.3 Å². The summed E-state index contributed by atoms with van der Waals surface area (Å²) in [5.41, 5.74) is 0. The van der Waals surface area contributed by atoms with Crippen LogP contribution in [0.5, 0.6) is 0 Å². The molecule has 0 spiro atoms. The number of hydrogen-bond donors (Lipinski definition) is 1. The van der Waals surface area contributed by atoms with Crippen LogP contribution in [0.3, 0.4) is 0 Å². The first-order valence-electron chi connectivity index (χ1n) is 4.32. The molecule has 0 saturated heterocycles. The van der Waals surface area contributed by atoms with Gasteiger partial charge in [0.1, 0.15) is 0 Å². The summed E-state index contributed by atoms with van der Waals surface area (Å²) < 4.78 is 0. The zero-order valence-electron chi connectivity index (χ0n) is 7.62. The van der Waals surface area contributed by atoms with Gasteiger partial charge < -0.3 is 5.32 Å². The van der Waals surface area contributed by atoms with E-state index in [1.165, 1.54) is 11.3 Å². The number of ketones is 1. The molecule has 0 aliphatic rings. The molecular weight excluding hydrogens is 182 g/mol. The maximum absolute atomic E-state index is 11.4. The van der Waals surface area contributed by atoms with E-state index in [2.05, 4.69) is 12.2 Å². The molecular formula is C10H13NOS. The number of rotatable bonds is 5. The first-order chi connectivity index (χ1) is 6.34. The molecule has 1 heterocycles. The van der Waals surface area contributed by atoms with E-state index in [1.807, 2.05) is 17.5 Å². The molecule has 2 nitrogen and oxygen atoms in total. The minimum Gasteiger partial charge on any atom is -0.391 e. The van der Waals surface area contributed by atoms with Crippen LogP contribution < -0.4 is 5.32 Å². The third-order valence-electron chi connectivity index (χ3n) is 1.51. The SMILES string of the molecule is CCCN/C=C/C(=O)c1cccs1. The zero-order chi connectivity index (χ0) is 9.52. The topological polar surface area (TPSA) is 29.1 Å². The molecule has 3 heteroatoms. The van der Waals surface area contributed by atoms with Crippen molar-refractivity contribution in [3.8, 4) is 0 Å². The fourth-order valence-electron chi connectivity index (χ4n) is 0.863. The standard InChI is InChI=1S/C10H13NOS/c1-2-6-11-7-5-9(12)10-4-3-8-13-10/h3-5,7-8,11H,2,6H2,1H3/b7-5+. The van der Waals surface area contributed by atoms with E-state index >= 15 is 0 Å². The third kappa shape index (κ3) is 3.42. The summed E-state index contributed by atoms with van der Waals surface area (Å²) in [5, 5.41) is 4.93. The largest absolute Gasteiger partial charge is 0.391 e. The fraction of sp³-hybridized carbons (Fsp3) is 0.300. The Morgan fingerprint density at radius 3 is 3.15 bits per heavy atom. The molecule has 0 fully saturated rings. The molecule has 0 unspecified atom stereocenters. The highest BCUT2D eigenvalue weighted by Crippen LogP contribution is 2.09. The van der Waals surface area contributed by atoms with E-state index < -0.39 is 0 Å². The van der Waals surface area contributed by atoms with E-state index in [0.717, 1.165) is 17.8 Å². The summed E-state index contributed by atoms with van der Waals surface area (Å²) in [5.74, 6) is 0.0682. The Morgan fingerprint density at radius 1 is 1.69 bits per heavy atom. The Balaban J connectivity index is 2.38. The number of carbonyl (C=O) groups excluding carboxylic acids is 1. The Hall–Kier alpha value is -1.09. The molecule has 0 aromatic carbocycles. The average Bonchev–Trinajstić information content (AvgIpc) is 2.65. The minimum absolute atomic E-state index is 0.0682. The summed E-state index contributed by atoms with van der Waals surface area (Å²) >= 11 is 1.47. The summed E-state index contributed by atoms with van der Waals surface area (Å²) in [7, 11) is 0. The van der Waals surface area contributed by atoms with E-state index in [-0.39, 0.29) is 5.78 Å². The molecule has 1 aromatic heterocycles. The van der Waals surface area contributed by atoms with Crippen molar-refractivity contribution in [3.63, 3.8) is 0 Å². The number of thiophene rings is 1. The smallest absolute Gasteiger partial charge is 0.197 e. The first-order valence-corrected chi connectivity index (χ1v) is 5.20. The molecule has 0 aliphatic heterocycles. The van der Waals surface area contributed by atoms with Crippen molar-refractivity contribution < 1.29 is 4.79 Å². The maximum Gasteiger partial charge on any atom is 0.197 e. The van der Waals surface area contributed by atoms with E-state index in [0.29, 0.717) is 0 Å². The molecule has 0 aliphatic carbocycles. The number of nitrogens with one attached hydrogen (secondary N) is 1. The highest BCUT2D eigenvalue weighted by molar-refractivity contribution is 7.12. The second-order valence-electron chi connectivity index (χ2n) is 2.63. The third-order valence-corrected chi connectivity index (χ3v) is 2.40. The van der Waals surface area contributed by atoms with Crippen LogP contribution in [0, 0.1) is 0 Å². The normalized spacial score (nSPS) is 10.5.